The number of fused-ring (bicyclic) bond motifs is 6. The number of hydrogen-bond donors (Lipinski definition) is 0. The van der Waals surface area contributed by atoms with Gasteiger partial charge in [-0.15, -0.1) is 68.0 Å². The predicted molar refractivity (Wildman–Crippen MR) is 290 cm³/mol. The average molecular weight is 1100 g/mol. The lowest BCUT2D eigenvalue weighted by Gasteiger charge is -2.30. The maximum absolute atomic E-state index is 6.63. The van der Waals surface area contributed by atoms with Gasteiger partial charge >= 0.3 is 0 Å². The largest absolute Gasteiger partial charge is 0.485 e. The summed E-state index contributed by atoms with van der Waals surface area (Å²) >= 11 is 10.1. The van der Waals surface area contributed by atoms with Crippen molar-refractivity contribution >= 4 is 68.0 Å². The lowest BCUT2D eigenvalue weighted by atomic mass is 9.79. The van der Waals surface area contributed by atoms with E-state index in [9.17, 15) is 0 Å². The van der Waals surface area contributed by atoms with Gasteiger partial charge in [-0.25, -0.2) is 0 Å². The molecule has 6 aliphatic heterocycles. The van der Waals surface area contributed by atoms with Crippen LogP contribution in [0, 0.1) is 0 Å². The molecule has 0 bridgehead atoms. The van der Waals surface area contributed by atoms with Gasteiger partial charge in [0.2, 0.25) is 0 Å². The molecule has 0 N–H and O–H groups in total. The summed E-state index contributed by atoms with van der Waals surface area (Å²) in [6, 6.07) is 0. The molecule has 6 aromatic rings. The topological polar surface area (TPSA) is 111 Å². The van der Waals surface area contributed by atoms with E-state index < -0.39 is 0 Å². The van der Waals surface area contributed by atoms with Gasteiger partial charge in [0.05, 0.1) is 58.5 Å². The third-order valence-electron chi connectivity index (χ3n) is 14.3. The molecular formula is C54H62O12S6. The Balaban J connectivity index is 0.986. The van der Waals surface area contributed by atoms with Gasteiger partial charge in [0.1, 0.15) is 79.3 Å². The van der Waals surface area contributed by atoms with E-state index in [1.54, 1.807) is 68.0 Å². The third kappa shape index (κ3) is 8.18. The van der Waals surface area contributed by atoms with Gasteiger partial charge in [-0.2, -0.15) is 0 Å². The molecule has 0 aliphatic carbocycles. The Kier molecular flexibility index (Phi) is 13.6. The Morgan fingerprint density at radius 3 is 0.667 bits per heavy atom. The Labute approximate surface area is 445 Å². The van der Waals surface area contributed by atoms with Crippen molar-refractivity contribution in [1.82, 2.24) is 0 Å². The van der Waals surface area contributed by atoms with Gasteiger partial charge in [0.15, 0.2) is 69.0 Å². The van der Waals surface area contributed by atoms with Gasteiger partial charge in [-0.3, -0.25) is 0 Å². The van der Waals surface area contributed by atoms with E-state index in [0.717, 1.165) is 147 Å². The van der Waals surface area contributed by atoms with Crippen LogP contribution in [0.15, 0.2) is 0 Å². The molecule has 386 valence electrons. The second-order valence-electron chi connectivity index (χ2n) is 19.5. The standard InChI is InChI=1S/C54H62O12S6/c1-7-11-15-53(5,13-9-3)51-39-37(63-25-27-65-39)49(71-51)47-35-33(59-21-23-61-35)45(69-47)43-31-29(55-17-19-57-31)41(67-43)42-30-32(58-20-18-56-30)44(68-42)46-34-36(62-24-22-60-34)48(70-46)50-38-40(66-28-26-64-38)52(72-50)54(6,14-10-4)16-12-8-2/h7-28H2,1-6H3. The molecule has 0 saturated heterocycles. The SMILES string of the molecule is CCCCC(C)(CCC)c1sc(-c2sc(-c3sc(-c4sc(-c5sc(-c6sc(C(C)(CCC)CCCC)c7c6OCCO7)c6c5OCCO6)c5c4OCCO5)c4c3OCCO4)c3c2OCCO3)c2c1OCCO2. The zero-order valence-electron chi connectivity index (χ0n) is 41.9. The van der Waals surface area contributed by atoms with Gasteiger partial charge in [0, 0.05) is 10.8 Å². The fourth-order valence-electron chi connectivity index (χ4n) is 10.9. The minimum absolute atomic E-state index is 0.0446. The maximum atomic E-state index is 6.63. The summed E-state index contributed by atoms with van der Waals surface area (Å²) < 4.78 is 79.0. The highest BCUT2D eigenvalue weighted by Gasteiger charge is 2.43. The molecule has 0 saturated carbocycles. The zero-order chi connectivity index (χ0) is 49.1. The van der Waals surface area contributed by atoms with Crippen molar-refractivity contribution in [2.45, 2.75) is 117 Å². The van der Waals surface area contributed by atoms with Crippen LogP contribution in [-0.4, -0.2) is 79.3 Å². The van der Waals surface area contributed by atoms with Crippen molar-refractivity contribution in [3.63, 3.8) is 0 Å². The lowest BCUT2D eigenvalue weighted by molar-refractivity contribution is 0.168. The molecule has 2 atom stereocenters. The minimum Gasteiger partial charge on any atom is -0.485 e. The minimum atomic E-state index is -0.0446. The summed E-state index contributed by atoms with van der Waals surface area (Å²) in [6.45, 7) is 19.3. The summed E-state index contributed by atoms with van der Waals surface area (Å²) in [5.41, 5.74) is -0.0891. The van der Waals surface area contributed by atoms with E-state index >= 15 is 0 Å². The van der Waals surface area contributed by atoms with Crippen LogP contribution in [0.2, 0.25) is 0 Å². The van der Waals surface area contributed by atoms with Crippen molar-refractivity contribution in [2.24, 2.45) is 0 Å². The van der Waals surface area contributed by atoms with E-state index in [4.69, 9.17) is 56.8 Å². The van der Waals surface area contributed by atoms with Crippen LogP contribution in [-0.2, 0) is 10.8 Å². The molecular weight excluding hydrogens is 1030 g/mol. The first kappa shape index (κ1) is 48.7. The monoisotopic (exact) mass is 1090 g/mol. The predicted octanol–water partition coefficient (Wildman–Crippen LogP) is 15.5. The van der Waals surface area contributed by atoms with Gasteiger partial charge < -0.3 is 56.8 Å². The van der Waals surface area contributed by atoms with Crippen LogP contribution in [0.4, 0.5) is 0 Å². The summed E-state index contributed by atoms with van der Waals surface area (Å²) in [7, 11) is 0. The van der Waals surface area contributed by atoms with Crippen LogP contribution >= 0.6 is 68.0 Å². The van der Waals surface area contributed by atoms with E-state index in [1.165, 1.54) is 9.75 Å². The highest BCUT2D eigenvalue weighted by atomic mass is 32.1. The van der Waals surface area contributed by atoms with Crippen molar-refractivity contribution < 1.29 is 56.8 Å². The Bertz CT molecular complexity index is 2770. The average Bonchev–Trinajstić information content (AvgIpc) is 4.28. The third-order valence-corrected chi connectivity index (χ3v) is 22.6. The van der Waals surface area contributed by atoms with Crippen LogP contribution in [0.5, 0.6) is 69.0 Å². The molecule has 2 unspecified atom stereocenters. The van der Waals surface area contributed by atoms with Crippen molar-refractivity contribution in [2.75, 3.05) is 79.3 Å². The molecule has 6 aromatic heterocycles. The summed E-state index contributed by atoms with van der Waals surface area (Å²) in [6.07, 6.45) is 11.0. The fourth-order valence-corrected chi connectivity index (χ4v) is 19.1. The number of unbranched alkanes of at least 4 members (excludes halogenated alkanes) is 2. The Morgan fingerprint density at radius 1 is 0.264 bits per heavy atom. The van der Waals surface area contributed by atoms with E-state index in [0.29, 0.717) is 114 Å². The number of ether oxygens (including phenoxy) is 12. The van der Waals surface area contributed by atoms with E-state index in [1.807, 2.05) is 0 Å². The van der Waals surface area contributed by atoms with Crippen LogP contribution in [0.3, 0.4) is 0 Å². The molecule has 12 nitrogen and oxygen atoms in total. The van der Waals surface area contributed by atoms with Crippen molar-refractivity contribution in [3.05, 3.63) is 9.75 Å². The molecule has 6 aliphatic rings. The van der Waals surface area contributed by atoms with Gasteiger partial charge in [-0.1, -0.05) is 80.1 Å². The number of rotatable bonds is 17. The highest BCUT2D eigenvalue weighted by Crippen LogP contribution is 2.69. The van der Waals surface area contributed by atoms with Gasteiger partial charge in [-0.05, 0) is 25.7 Å². The molecule has 12 rings (SSSR count). The number of thiophene rings is 6. The summed E-state index contributed by atoms with van der Waals surface area (Å²) in [4.78, 5) is 12.0. The molecule has 12 heterocycles. The first-order valence-corrected chi connectivity index (χ1v) is 30.8. The molecule has 0 spiro atoms. The maximum Gasteiger partial charge on any atom is 0.181 e. The van der Waals surface area contributed by atoms with Crippen molar-refractivity contribution in [3.8, 4) is 118 Å². The molecule has 0 amide bonds. The molecule has 18 heteroatoms. The lowest BCUT2D eigenvalue weighted by Crippen LogP contribution is -2.23. The highest BCUT2D eigenvalue weighted by molar-refractivity contribution is 7.32. The first-order chi connectivity index (χ1) is 35.3. The van der Waals surface area contributed by atoms with Crippen LogP contribution in [0.25, 0.3) is 48.8 Å². The van der Waals surface area contributed by atoms with E-state index in [-0.39, 0.29) is 10.8 Å². The number of hydrogen-bond acceptors (Lipinski definition) is 18. The van der Waals surface area contributed by atoms with Crippen LogP contribution < -0.4 is 56.8 Å². The molecule has 0 radical (unpaired) electrons. The van der Waals surface area contributed by atoms with Crippen LogP contribution in [0.1, 0.15) is 116 Å². The first-order valence-electron chi connectivity index (χ1n) is 25.9. The molecule has 0 aromatic carbocycles. The Morgan fingerprint density at radius 2 is 0.458 bits per heavy atom. The second kappa shape index (κ2) is 20.2. The van der Waals surface area contributed by atoms with E-state index in [2.05, 4.69) is 41.5 Å². The second-order valence-corrected chi connectivity index (χ2v) is 25.6. The summed E-state index contributed by atoms with van der Waals surface area (Å²) in [5, 5.41) is 0. The molecule has 72 heavy (non-hydrogen) atoms. The zero-order valence-corrected chi connectivity index (χ0v) is 46.8. The quantitative estimate of drug-likeness (QED) is 0.0867. The normalized spacial score (nSPS) is 17.9. The fraction of sp³-hybridized carbons (Fsp3) is 0.556. The summed E-state index contributed by atoms with van der Waals surface area (Å²) in [5.74, 6) is 9.04. The molecule has 0 fully saturated rings. The van der Waals surface area contributed by atoms with Crippen molar-refractivity contribution in [1.29, 1.82) is 0 Å². The smallest absolute Gasteiger partial charge is 0.181 e. The van der Waals surface area contributed by atoms with Gasteiger partial charge in [0.25, 0.3) is 0 Å². The Hall–Kier alpha value is -4.20.